The molecule has 10 nitrogen and oxygen atoms in total. The number of cyclic esters (lactones) is 1. The molecule has 4 aliphatic heterocycles. The number of amides is 3. The van der Waals surface area contributed by atoms with Crippen LogP contribution in [-0.4, -0.2) is 82.1 Å². The lowest BCUT2D eigenvalue weighted by molar-refractivity contribution is -0.162. The molecule has 5 bridgehead atoms. The number of ether oxygens (including phenoxy) is 2. The van der Waals surface area contributed by atoms with Crippen LogP contribution in [-0.2, 0) is 28.7 Å². The molecule has 0 saturated carbocycles. The second kappa shape index (κ2) is 13.8. The van der Waals surface area contributed by atoms with Crippen LogP contribution in [0, 0.1) is 11.8 Å². The largest absolute Gasteiger partial charge is 0.455 e. The van der Waals surface area contributed by atoms with E-state index < -0.39 is 66.3 Å². The van der Waals surface area contributed by atoms with Gasteiger partial charge in [0.25, 0.3) is 0 Å². The Morgan fingerprint density at radius 1 is 1.00 bits per heavy atom. The molecule has 2 aromatic carbocycles. The molecule has 4 aliphatic rings. The van der Waals surface area contributed by atoms with Gasteiger partial charge >= 0.3 is 5.97 Å². The first kappa shape index (κ1) is 32.7. The number of aliphatic hydroxyl groups excluding tert-OH is 1. The molecule has 0 unspecified atom stereocenters. The van der Waals surface area contributed by atoms with Gasteiger partial charge in [0.2, 0.25) is 17.7 Å². The minimum atomic E-state index is -1.42. The van der Waals surface area contributed by atoms with Crippen molar-refractivity contribution in [1.82, 2.24) is 15.1 Å². The molecule has 2 N–H and O–H groups in total. The first-order chi connectivity index (χ1) is 22.8. The predicted octanol–water partition coefficient (Wildman–Crippen LogP) is 3.64. The van der Waals surface area contributed by atoms with E-state index in [1.54, 1.807) is 24.0 Å². The molecule has 10 heteroatoms. The van der Waals surface area contributed by atoms with Crippen molar-refractivity contribution < 1.29 is 33.8 Å². The quantitative estimate of drug-likeness (QED) is 0.350. The smallest absolute Gasteiger partial charge is 0.313 e. The Morgan fingerprint density at radius 2 is 1.72 bits per heavy atom. The molecule has 47 heavy (non-hydrogen) atoms. The Morgan fingerprint density at radius 3 is 2.43 bits per heavy atom. The van der Waals surface area contributed by atoms with E-state index in [2.05, 4.69) is 5.32 Å². The van der Waals surface area contributed by atoms with Crippen LogP contribution in [0.3, 0.4) is 0 Å². The van der Waals surface area contributed by atoms with Gasteiger partial charge in [-0.15, -0.1) is 0 Å². The molecule has 2 fully saturated rings. The Balaban J connectivity index is 1.46. The third kappa shape index (κ3) is 6.00. The number of carbonyl (C=O) groups excluding carboxylic acids is 4. The highest BCUT2D eigenvalue weighted by molar-refractivity contribution is 5.99. The number of likely N-dealkylation sites (tertiary alicyclic amines) is 1. The van der Waals surface area contributed by atoms with Gasteiger partial charge in [0.05, 0.1) is 30.7 Å². The van der Waals surface area contributed by atoms with Gasteiger partial charge in [-0.05, 0) is 30.9 Å². The van der Waals surface area contributed by atoms with Crippen molar-refractivity contribution >= 4 is 23.7 Å². The van der Waals surface area contributed by atoms with Crippen molar-refractivity contribution in [3.8, 4) is 0 Å². The third-order valence-electron chi connectivity index (χ3n) is 9.85. The maximum absolute atomic E-state index is 14.8. The molecule has 0 aliphatic carbocycles. The van der Waals surface area contributed by atoms with E-state index in [0.717, 1.165) is 12.8 Å². The van der Waals surface area contributed by atoms with Crippen LogP contribution in [0.5, 0.6) is 0 Å². The van der Waals surface area contributed by atoms with E-state index >= 15 is 0 Å². The lowest BCUT2D eigenvalue weighted by Gasteiger charge is -2.39. The van der Waals surface area contributed by atoms with Gasteiger partial charge in [-0.1, -0.05) is 98.3 Å². The number of hydrogen-bond acceptors (Lipinski definition) is 7. The number of carbonyl (C=O) groups is 4. The molecule has 2 saturated heterocycles. The van der Waals surface area contributed by atoms with E-state index in [1.807, 2.05) is 79.7 Å². The predicted molar refractivity (Wildman–Crippen MR) is 173 cm³/mol. The van der Waals surface area contributed by atoms with Crippen LogP contribution in [0.4, 0.5) is 0 Å². The highest BCUT2D eigenvalue weighted by atomic mass is 16.6. The number of aliphatic hydroxyl groups is 1. The summed E-state index contributed by atoms with van der Waals surface area (Å²) < 4.78 is 12.8. The number of fused-ring (bicyclic) bond motifs is 2. The second-order valence-corrected chi connectivity index (χ2v) is 12.8. The fraction of sp³-hybridized carbons (Fsp3) is 0.459. The van der Waals surface area contributed by atoms with Crippen LogP contribution in [0.25, 0.3) is 0 Å². The number of hydrogen-bond donors (Lipinski definition) is 2. The molecule has 1 spiro atoms. The van der Waals surface area contributed by atoms with Gasteiger partial charge in [0.15, 0.2) is 0 Å². The highest BCUT2D eigenvalue weighted by Crippen LogP contribution is 2.57. The highest BCUT2D eigenvalue weighted by Gasteiger charge is 2.74. The number of nitrogens with zero attached hydrogens (tertiary/aromatic N) is 2. The van der Waals surface area contributed by atoms with E-state index in [1.165, 1.54) is 4.90 Å². The Labute approximate surface area is 275 Å². The number of rotatable bonds is 7. The van der Waals surface area contributed by atoms with Crippen LogP contribution in [0.15, 0.2) is 85.0 Å². The SMILES string of the molecule is CCCCN1C/C=C\CCC(=O)N[C@@H](C)[C@H](c2ccccc2)OC(=O)[C@@H]2[C@H]3C(=O)N([C@H](CO)c4ccccc4)[C@H](C1=O)[C@]31C=C[C@H]2O1. The van der Waals surface area contributed by atoms with Crippen molar-refractivity contribution in [1.29, 1.82) is 0 Å². The number of allylic oxidation sites excluding steroid dienone is 1. The third-order valence-corrected chi connectivity index (χ3v) is 9.85. The standard InChI is InChI=1S/C37H43N3O7/c1-3-4-21-39-22-13-7-12-18-29(42)38-24(2)32(26-16-10-6-11-17-26)46-36(45)30-28-19-20-37(47-28)31(30)34(43)40(33(37)35(39)44)27(23-41)25-14-8-5-9-15-25/h5-11,13-17,19-20,24,27-28,30-33,41H,3-4,12,18,21-23H2,1-2H3,(H,38,42)/b13-7-/t24-,27+,28+,30-,31-,32+,33+,37-/m0/s1. The zero-order valence-corrected chi connectivity index (χ0v) is 26.9. The van der Waals surface area contributed by atoms with Crippen molar-refractivity contribution in [3.63, 3.8) is 0 Å². The molecule has 6 rings (SSSR count). The number of unbranched alkanes of at least 4 members (excludes halogenated alkanes) is 1. The summed E-state index contributed by atoms with van der Waals surface area (Å²) in [5, 5.41) is 13.8. The lowest BCUT2D eigenvalue weighted by Crippen LogP contribution is -2.56. The maximum atomic E-state index is 14.8. The molecule has 0 aromatic heterocycles. The van der Waals surface area contributed by atoms with Gasteiger partial charge in [0, 0.05) is 19.5 Å². The van der Waals surface area contributed by atoms with Crippen molar-refractivity contribution in [2.45, 2.75) is 75.5 Å². The number of benzene rings is 2. The topological polar surface area (TPSA) is 125 Å². The summed E-state index contributed by atoms with van der Waals surface area (Å²) in [4.78, 5) is 59.9. The average Bonchev–Trinajstić information content (AvgIpc) is 3.73. The van der Waals surface area contributed by atoms with E-state index in [0.29, 0.717) is 24.1 Å². The number of nitrogens with one attached hydrogen (secondary N) is 1. The van der Waals surface area contributed by atoms with Gasteiger partial charge in [-0.25, -0.2) is 0 Å². The lowest BCUT2D eigenvalue weighted by atomic mass is 9.74. The first-order valence-corrected chi connectivity index (χ1v) is 16.6. The first-order valence-electron chi connectivity index (χ1n) is 16.6. The van der Waals surface area contributed by atoms with Crippen molar-refractivity contribution in [2.75, 3.05) is 19.7 Å². The second-order valence-electron chi connectivity index (χ2n) is 12.8. The van der Waals surface area contributed by atoms with Crippen molar-refractivity contribution in [2.24, 2.45) is 11.8 Å². The molecule has 0 radical (unpaired) electrons. The molecule has 3 amide bonds. The Kier molecular flexibility index (Phi) is 9.61. The summed E-state index contributed by atoms with van der Waals surface area (Å²) in [6.45, 7) is 4.14. The fourth-order valence-corrected chi connectivity index (χ4v) is 7.58. The molecule has 8 atom stereocenters. The summed E-state index contributed by atoms with van der Waals surface area (Å²) in [6.07, 6.45) is 7.96. The molecule has 4 heterocycles. The minimum absolute atomic E-state index is 0.187. The zero-order valence-electron chi connectivity index (χ0n) is 26.9. The minimum Gasteiger partial charge on any atom is -0.455 e. The van der Waals surface area contributed by atoms with Crippen molar-refractivity contribution in [3.05, 3.63) is 96.1 Å². The van der Waals surface area contributed by atoms with Gasteiger partial charge < -0.3 is 29.7 Å². The zero-order chi connectivity index (χ0) is 33.1. The molecule has 248 valence electrons. The number of esters is 1. The summed E-state index contributed by atoms with van der Waals surface area (Å²) >= 11 is 0. The fourth-order valence-electron chi connectivity index (χ4n) is 7.58. The van der Waals surface area contributed by atoms with Gasteiger partial charge in [-0.3, -0.25) is 19.2 Å². The Hall–Kier alpha value is -4.28. The molecular weight excluding hydrogens is 598 g/mol. The van der Waals surface area contributed by atoms with Gasteiger partial charge in [-0.2, -0.15) is 0 Å². The summed E-state index contributed by atoms with van der Waals surface area (Å²) in [5.41, 5.74) is -0.0511. The normalized spacial score (nSPS) is 32.2. The van der Waals surface area contributed by atoms with Crippen LogP contribution in [0.2, 0.25) is 0 Å². The summed E-state index contributed by atoms with van der Waals surface area (Å²) in [6, 6.07) is 15.8. The van der Waals surface area contributed by atoms with Crippen LogP contribution in [0.1, 0.15) is 62.8 Å². The van der Waals surface area contributed by atoms with Crippen LogP contribution < -0.4 is 5.32 Å². The Bertz CT molecular complexity index is 1530. The van der Waals surface area contributed by atoms with Crippen LogP contribution >= 0.6 is 0 Å². The van der Waals surface area contributed by atoms with E-state index in [9.17, 15) is 24.3 Å². The molecule has 2 aromatic rings. The summed E-state index contributed by atoms with van der Waals surface area (Å²) in [7, 11) is 0. The maximum Gasteiger partial charge on any atom is 0.313 e. The monoisotopic (exact) mass is 641 g/mol. The van der Waals surface area contributed by atoms with E-state index in [4.69, 9.17) is 9.47 Å². The molecular formula is C37H43N3O7. The van der Waals surface area contributed by atoms with E-state index in [-0.39, 0.29) is 24.8 Å². The average molecular weight is 642 g/mol. The summed E-state index contributed by atoms with van der Waals surface area (Å²) in [5.74, 6) is -3.66. The van der Waals surface area contributed by atoms with Gasteiger partial charge in [0.1, 0.15) is 23.7 Å².